The summed E-state index contributed by atoms with van der Waals surface area (Å²) in [6.45, 7) is 3.35. The summed E-state index contributed by atoms with van der Waals surface area (Å²) < 4.78 is 86.0. The van der Waals surface area contributed by atoms with Gasteiger partial charge in [0.25, 0.3) is 0 Å². The molecule has 0 aromatic heterocycles. The second kappa shape index (κ2) is 7.08. The number of hydrogen-bond donors (Lipinski definition) is 0. The first-order chi connectivity index (χ1) is 11.6. The Bertz CT molecular complexity index is 750. The third-order valence-corrected chi connectivity index (χ3v) is 3.04. The summed E-state index contributed by atoms with van der Waals surface area (Å²) in [7, 11) is 0. The summed E-state index contributed by atoms with van der Waals surface area (Å²) in [6.07, 6.45) is -8.33. The Labute approximate surface area is 139 Å². The van der Waals surface area contributed by atoms with Gasteiger partial charge in [-0.2, -0.15) is 13.2 Å². The van der Waals surface area contributed by atoms with Gasteiger partial charge in [0.15, 0.2) is 0 Å². The van der Waals surface area contributed by atoms with E-state index in [1.165, 1.54) is 24.3 Å². The number of benzene rings is 2. The van der Waals surface area contributed by atoms with Crippen LogP contribution in [0.2, 0.25) is 0 Å². The molecule has 0 aliphatic carbocycles. The van der Waals surface area contributed by atoms with E-state index in [9.17, 15) is 26.3 Å². The summed E-state index contributed by atoms with van der Waals surface area (Å²) in [5.74, 6) is -0.754. The van der Waals surface area contributed by atoms with Gasteiger partial charge in [0.2, 0.25) is 0 Å². The van der Waals surface area contributed by atoms with E-state index in [1.807, 2.05) is 0 Å². The van der Waals surface area contributed by atoms with Gasteiger partial charge < -0.3 is 9.47 Å². The number of ether oxygens (including phenoxy) is 2. The largest absolute Gasteiger partial charge is 0.573 e. The number of alkyl halides is 6. The molecule has 0 amide bonds. The Morgan fingerprint density at radius 1 is 0.960 bits per heavy atom. The van der Waals surface area contributed by atoms with Gasteiger partial charge in [-0.05, 0) is 29.8 Å². The molecule has 0 radical (unpaired) electrons. The van der Waals surface area contributed by atoms with E-state index in [0.717, 1.165) is 24.3 Å². The first-order valence-electron chi connectivity index (χ1n) is 6.92. The Hall–Kier alpha value is -2.64. The van der Waals surface area contributed by atoms with Crippen LogP contribution >= 0.6 is 0 Å². The van der Waals surface area contributed by atoms with Crippen molar-refractivity contribution in [2.45, 2.75) is 12.5 Å². The minimum atomic E-state index is -4.95. The van der Waals surface area contributed by atoms with E-state index < -0.39 is 23.9 Å². The summed E-state index contributed by atoms with van der Waals surface area (Å²) in [4.78, 5) is 0. The first kappa shape index (κ1) is 18.7. The highest BCUT2D eigenvalue weighted by Gasteiger charge is 2.36. The van der Waals surface area contributed by atoms with Crippen molar-refractivity contribution in [2.24, 2.45) is 0 Å². The molecule has 2 nitrogen and oxygen atoms in total. The second-order valence-electron chi connectivity index (χ2n) is 4.85. The van der Waals surface area contributed by atoms with Gasteiger partial charge >= 0.3 is 12.5 Å². The summed E-state index contributed by atoms with van der Waals surface area (Å²) >= 11 is 0. The predicted octanol–water partition coefficient (Wildman–Crippen LogP) is 5.84. The first-order valence-corrected chi connectivity index (χ1v) is 6.92. The molecule has 0 bridgehead atoms. The predicted molar refractivity (Wildman–Crippen MR) is 79.3 cm³/mol. The maximum Gasteiger partial charge on any atom is 0.573 e. The van der Waals surface area contributed by atoms with E-state index in [1.54, 1.807) is 0 Å². The van der Waals surface area contributed by atoms with Crippen molar-refractivity contribution in [3.8, 4) is 22.6 Å². The monoisotopic (exact) mass is 362 g/mol. The third kappa shape index (κ3) is 4.91. The molecule has 2 aromatic carbocycles. The zero-order valence-electron chi connectivity index (χ0n) is 12.6. The zero-order valence-corrected chi connectivity index (χ0v) is 12.6. The van der Waals surface area contributed by atoms with Gasteiger partial charge in [0, 0.05) is 5.56 Å². The van der Waals surface area contributed by atoms with Crippen molar-refractivity contribution in [1.82, 2.24) is 0 Å². The van der Waals surface area contributed by atoms with Crippen LogP contribution in [0.25, 0.3) is 11.1 Å². The van der Waals surface area contributed by atoms with Gasteiger partial charge in [-0.25, -0.2) is 0 Å². The molecule has 134 valence electrons. The van der Waals surface area contributed by atoms with Crippen molar-refractivity contribution in [1.29, 1.82) is 0 Å². The highest BCUT2D eigenvalue weighted by atomic mass is 19.4. The molecular formula is C17H12F6O2. The van der Waals surface area contributed by atoms with Gasteiger partial charge in [-0.15, -0.1) is 13.2 Å². The SMILES string of the molecule is C=CCOc1cccc(C(F)(F)F)c1-c1cccc(OC(F)(F)F)c1. The lowest BCUT2D eigenvalue weighted by Crippen LogP contribution is -2.17. The van der Waals surface area contributed by atoms with Crippen LogP contribution in [-0.2, 0) is 6.18 Å². The third-order valence-electron chi connectivity index (χ3n) is 3.04. The molecule has 2 aromatic rings. The van der Waals surface area contributed by atoms with Crippen molar-refractivity contribution in [3.05, 3.63) is 60.7 Å². The molecule has 2 rings (SSSR count). The molecule has 8 heteroatoms. The van der Waals surface area contributed by atoms with E-state index >= 15 is 0 Å². The van der Waals surface area contributed by atoms with Gasteiger partial charge in [0.05, 0.1) is 5.56 Å². The standard InChI is InChI=1S/C17H12F6O2/c1-2-9-24-14-8-4-7-13(16(18,19)20)15(14)11-5-3-6-12(10-11)25-17(21,22)23/h2-8,10H,1,9H2. The molecule has 0 saturated carbocycles. The lowest BCUT2D eigenvalue weighted by molar-refractivity contribution is -0.274. The summed E-state index contributed by atoms with van der Waals surface area (Å²) in [5, 5.41) is 0. The molecule has 0 unspecified atom stereocenters. The van der Waals surface area contributed by atoms with E-state index in [4.69, 9.17) is 4.74 Å². The average Bonchev–Trinajstić information content (AvgIpc) is 2.50. The maximum absolute atomic E-state index is 13.3. The fraction of sp³-hybridized carbons (Fsp3) is 0.176. The lowest BCUT2D eigenvalue weighted by Gasteiger charge is -2.18. The molecule has 0 atom stereocenters. The second-order valence-corrected chi connectivity index (χ2v) is 4.85. The lowest BCUT2D eigenvalue weighted by atomic mass is 9.98. The Morgan fingerprint density at radius 2 is 1.64 bits per heavy atom. The minimum absolute atomic E-state index is 0.0624. The fourth-order valence-electron chi connectivity index (χ4n) is 2.18. The molecule has 0 aliphatic rings. The Morgan fingerprint density at radius 3 is 2.24 bits per heavy atom. The highest BCUT2D eigenvalue weighted by Crippen LogP contribution is 2.43. The molecule has 0 saturated heterocycles. The average molecular weight is 362 g/mol. The van der Waals surface area contributed by atoms with Crippen LogP contribution in [0, 0.1) is 0 Å². The van der Waals surface area contributed by atoms with Gasteiger partial charge in [-0.3, -0.25) is 0 Å². The van der Waals surface area contributed by atoms with E-state index in [0.29, 0.717) is 0 Å². The van der Waals surface area contributed by atoms with Crippen LogP contribution in [0.5, 0.6) is 11.5 Å². The quantitative estimate of drug-likeness (QED) is 0.492. The summed E-state index contributed by atoms with van der Waals surface area (Å²) in [5.41, 5.74) is -1.52. The van der Waals surface area contributed by atoms with Crippen molar-refractivity contribution < 1.29 is 35.8 Å². The van der Waals surface area contributed by atoms with E-state index in [-0.39, 0.29) is 23.5 Å². The van der Waals surface area contributed by atoms with Crippen molar-refractivity contribution >= 4 is 0 Å². The normalized spacial score (nSPS) is 11.9. The minimum Gasteiger partial charge on any atom is -0.489 e. The zero-order chi connectivity index (χ0) is 18.7. The van der Waals surface area contributed by atoms with Gasteiger partial charge in [-0.1, -0.05) is 30.9 Å². The van der Waals surface area contributed by atoms with Crippen LogP contribution < -0.4 is 9.47 Å². The van der Waals surface area contributed by atoms with Crippen LogP contribution in [0.1, 0.15) is 5.56 Å². The number of hydrogen-bond acceptors (Lipinski definition) is 2. The highest BCUT2D eigenvalue weighted by molar-refractivity contribution is 5.75. The number of rotatable bonds is 5. The molecule has 0 spiro atoms. The molecule has 25 heavy (non-hydrogen) atoms. The van der Waals surface area contributed by atoms with Crippen LogP contribution in [0.3, 0.4) is 0 Å². The van der Waals surface area contributed by atoms with Crippen LogP contribution in [-0.4, -0.2) is 13.0 Å². The molecule has 0 N–H and O–H groups in total. The Balaban J connectivity index is 2.59. The van der Waals surface area contributed by atoms with Crippen LogP contribution in [0.4, 0.5) is 26.3 Å². The topological polar surface area (TPSA) is 18.5 Å². The smallest absolute Gasteiger partial charge is 0.489 e. The molecular weight excluding hydrogens is 350 g/mol. The summed E-state index contributed by atoms with van der Waals surface area (Å²) in [6, 6.07) is 7.56. The molecule has 0 heterocycles. The van der Waals surface area contributed by atoms with Crippen LogP contribution in [0.15, 0.2) is 55.1 Å². The molecule has 0 aliphatic heterocycles. The van der Waals surface area contributed by atoms with Gasteiger partial charge in [0.1, 0.15) is 18.1 Å². The van der Waals surface area contributed by atoms with E-state index in [2.05, 4.69) is 11.3 Å². The fourth-order valence-corrected chi connectivity index (χ4v) is 2.18. The van der Waals surface area contributed by atoms with Crippen molar-refractivity contribution in [3.63, 3.8) is 0 Å². The van der Waals surface area contributed by atoms with Crippen molar-refractivity contribution in [2.75, 3.05) is 6.61 Å². The Kier molecular flexibility index (Phi) is 5.30. The maximum atomic E-state index is 13.3. The number of halogens is 6. The molecule has 0 fully saturated rings.